The van der Waals surface area contributed by atoms with Gasteiger partial charge in [-0.1, -0.05) is 207 Å². The zero-order valence-electron chi connectivity index (χ0n) is 36.3. The molecule has 0 aromatic rings. The third-order valence-electron chi connectivity index (χ3n) is 10.7. The predicted octanol–water partition coefficient (Wildman–Crippen LogP) is 12.7. The van der Waals surface area contributed by atoms with E-state index in [-0.39, 0.29) is 6.42 Å². The Morgan fingerprint density at radius 1 is 0.636 bits per heavy atom. The predicted molar refractivity (Wildman–Crippen MR) is 228 cm³/mol. The summed E-state index contributed by atoms with van der Waals surface area (Å²) in [6.07, 6.45) is 35.2. The summed E-state index contributed by atoms with van der Waals surface area (Å²) in [7, 11) is -4.62. The van der Waals surface area contributed by atoms with Gasteiger partial charge in [-0.05, 0) is 12.8 Å². The van der Waals surface area contributed by atoms with Gasteiger partial charge >= 0.3 is 13.8 Å². The molecule has 0 radical (unpaired) electrons. The van der Waals surface area contributed by atoms with Crippen LogP contribution in [0.15, 0.2) is 12.7 Å². The number of unbranched alkanes of at least 4 members (excludes halogenated alkanes) is 27. The lowest BCUT2D eigenvalue weighted by Gasteiger charge is -2.37. The summed E-state index contributed by atoms with van der Waals surface area (Å²) >= 11 is 0. The van der Waals surface area contributed by atoms with Crippen LogP contribution in [0.4, 0.5) is 0 Å². The number of ether oxygens (including phenoxy) is 2. The van der Waals surface area contributed by atoms with Crippen molar-refractivity contribution >= 4 is 13.8 Å². The number of phosphoric acid groups is 1. The van der Waals surface area contributed by atoms with Crippen LogP contribution in [-0.4, -0.2) is 65.8 Å². The van der Waals surface area contributed by atoms with Crippen LogP contribution in [0, 0.1) is 5.41 Å². The van der Waals surface area contributed by atoms with Crippen LogP contribution in [-0.2, 0) is 27.9 Å². The van der Waals surface area contributed by atoms with E-state index in [9.17, 15) is 19.4 Å². The Kier molecular flexibility index (Phi) is 36.9. The molecule has 0 aromatic heterocycles. The molecule has 9 nitrogen and oxygen atoms in total. The summed E-state index contributed by atoms with van der Waals surface area (Å²) in [5.41, 5.74) is -0.647. The lowest BCUT2D eigenvalue weighted by Crippen LogP contribution is -2.45. The lowest BCUT2D eigenvalue weighted by atomic mass is 9.83. The molecular weight excluding hydrogens is 715 g/mol. The number of esters is 1. The fourth-order valence-electron chi connectivity index (χ4n) is 6.91. The molecule has 0 amide bonds. The molecule has 0 saturated heterocycles. The minimum atomic E-state index is -4.62. The average Bonchev–Trinajstić information content (AvgIpc) is 3.17. The van der Waals surface area contributed by atoms with Crippen molar-refractivity contribution in [2.24, 2.45) is 5.41 Å². The van der Waals surface area contributed by atoms with Gasteiger partial charge in [-0.25, -0.2) is 4.57 Å². The largest absolute Gasteiger partial charge is 0.472 e. The van der Waals surface area contributed by atoms with Crippen molar-refractivity contribution in [2.45, 2.75) is 239 Å². The maximum atomic E-state index is 13.1. The Hall–Kier alpha value is -0.800. The van der Waals surface area contributed by atoms with E-state index in [0.717, 1.165) is 32.1 Å². The van der Waals surface area contributed by atoms with Gasteiger partial charge in [-0.2, -0.15) is 0 Å². The smallest absolute Gasteiger partial charge is 0.457 e. The molecule has 0 spiro atoms. The second kappa shape index (κ2) is 37.5. The molecule has 0 aliphatic heterocycles. The van der Waals surface area contributed by atoms with E-state index in [1.165, 1.54) is 148 Å². The Balaban J connectivity index is 4.79. The number of carbonyl (C=O) groups is 1. The van der Waals surface area contributed by atoms with E-state index < -0.39 is 57.3 Å². The SMILES string of the molecule is C=CC(C)(C)C(OCCCCCCCCCCCCCCCC)C(COP(=O)(O)OCC(O)CO)OC(=O)CCCCCCCCCCCCCCCCC. The normalized spacial score (nSPS) is 14.7. The van der Waals surface area contributed by atoms with Crippen molar-refractivity contribution in [1.82, 2.24) is 0 Å². The summed E-state index contributed by atoms with van der Waals surface area (Å²) in [6.45, 7) is 11.2. The Morgan fingerprint density at radius 2 is 1.00 bits per heavy atom. The van der Waals surface area contributed by atoms with Gasteiger partial charge in [0, 0.05) is 18.4 Å². The van der Waals surface area contributed by atoms with E-state index in [1.807, 2.05) is 13.8 Å². The van der Waals surface area contributed by atoms with Crippen molar-refractivity contribution in [1.29, 1.82) is 0 Å². The first-order chi connectivity index (χ1) is 26.5. The van der Waals surface area contributed by atoms with Crippen molar-refractivity contribution in [3.8, 4) is 0 Å². The van der Waals surface area contributed by atoms with Gasteiger partial charge in [0.05, 0.1) is 19.8 Å². The molecule has 0 aliphatic carbocycles. The number of hydrogen-bond donors (Lipinski definition) is 3. The Morgan fingerprint density at radius 3 is 1.38 bits per heavy atom. The fraction of sp³-hybridized carbons (Fsp3) is 0.933. The molecule has 328 valence electrons. The van der Waals surface area contributed by atoms with Crippen LogP contribution in [0.2, 0.25) is 0 Å². The van der Waals surface area contributed by atoms with E-state index in [1.54, 1.807) is 6.08 Å². The number of aliphatic hydroxyl groups excluding tert-OH is 2. The Labute approximate surface area is 339 Å². The van der Waals surface area contributed by atoms with Crippen LogP contribution >= 0.6 is 7.82 Å². The summed E-state index contributed by atoms with van der Waals surface area (Å²) < 4.78 is 35.0. The molecule has 4 unspecified atom stereocenters. The second-order valence-electron chi connectivity index (χ2n) is 16.5. The topological polar surface area (TPSA) is 132 Å². The van der Waals surface area contributed by atoms with Crippen molar-refractivity contribution in [3.63, 3.8) is 0 Å². The van der Waals surface area contributed by atoms with Gasteiger partial charge in [0.25, 0.3) is 0 Å². The minimum Gasteiger partial charge on any atom is -0.457 e. The highest BCUT2D eigenvalue weighted by Crippen LogP contribution is 2.44. The van der Waals surface area contributed by atoms with Gasteiger partial charge < -0.3 is 24.6 Å². The standard InChI is InChI=1S/C45H89O9P/c1-6-9-11-13-15-17-19-21-23-24-26-28-30-32-34-36-43(48)54-42(40-53-55(49,50)52-39-41(47)38-46)44(45(4,5)8-3)51-37-35-33-31-29-27-25-22-20-18-16-14-12-10-7-2/h8,41-42,44,46-47H,3,6-7,9-40H2,1-2,4-5H3,(H,49,50). The summed E-state index contributed by atoms with van der Waals surface area (Å²) in [5, 5.41) is 18.6. The van der Waals surface area contributed by atoms with Crippen LogP contribution in [0.25, 0.3) is 0 Å². The number of rotatable bonds is 43. The van der Waals surface area contributed by atoms with Gasteiger partial charge in [-0.3, -0.25) is 13.8 Å². The van der Waals surface area contributed by atoms with Gasteiger partial charge in [0.2, 0.25) is 0 Å². The molecule has 0 bridgehead atoms. The number of phosphoric ester groups is 1. The highest BCUT2D eigenvalue weighted by molar-refractivity contribution is 7.47. The average molecular weight is 805 g/mol. The summed E-state index contributed by atoms with van der Waals surface area (Å²) in [4.78, 5) is 23.4. The summed E-state index contributed by atoms with van der Waals surface area (Å²) in [5.74, 6) is -0.405. The maximum absolute atomic E-state index is 13.1. The van der Waals surface area contributed by atoms with E-state index >= 15 is 0 Å². The first kappa shape index (κ1) is 54.2. The molecular formula is C45H89O9P. The minimum absolute atomic E-state index is 0.241. The molecule has 0 rings (SSSR count). The first-order valence-corrected chi connectivity index (χ1v) is 24.4. The fourth-order valence-corrected chi connectivity index (χ4v) is 7.68. The first-order valence-electron chi connectivity index (χ1n) is 22.9. The zero-order valence-corrected chi connectivity index (χ0v) is 37.2. The molecule has 3 N–H and O–H groups in total. The zero-order chi connectivity index (χ0) is 40.9. The maximum Gasteiger partial charge on any atom is 0.472 e. The molecule has 55 heavy (non-hydrogen) atoms. The Bertz CT molecular complexity index is 915. The van der Waals surface area contributed by atoms with Gasteiger partial charge in [0.1, 0.15) is 12.2 Å². The third-order valence-corrected chi connectivity index (χ3v) is 11.7. The molecule has 0 saturated carbocycles. The lowest BCUT2D eigenvalue weighted by molar-refractivity contribution is -0.168. The molecule has 4 atom stereocenters. The van der Waals surface area contributed by atoms with Crippen LogP contribution in [0.1, 0.15) is 220 Å². The van der Waals surface area contributed by atoms with Crippen LogP contribution in [0.3, 0.4) is 0 Å². The second-order valence-corrected chi connectivity index (χ2v) is 18.0. The molecule has 0 fully saturated rings. The van der Waals surface area contributed by atoms with E-state index in [4.69, 9.17) is 23.6 Å². The number of carbonyl (C=O) groups excluding carboxylic acids is 1. The van der Waals surface area contributed by atoms with E-state index in [2.05, 4.69) is 20.4 Å². The van der Waals surface area contributed by atoms with Crippen molar-refractivity contribution < 1.29 is 43.0 Å². The third kappa shape index (κ3) is 33.8. The van der Waals surface area contributed by atoms with Crippen LogP contribution < -0.4 is 0 Å². The quantitative estimate of drug-likeness (QED) is 0.0238. The number of hydrogen-bond acceptors (Lipinski definition) is 8. The van der Waals surface area contributed by atoms with Crippen molar-refractivity contribution in [2.75, 3.05) is 26.4 Å². The van der Waals surface area contributed by atoms with E-state index in [0.29, 0.717) is 13.0 Å². The molecule has 0 aromatic carbocycles. The molecule has 0 heterocycles. The highest BCUT2D eigenvalue weighted by Gasteiger charge is 2.39. The number of aliphatic hydroxyl groups is 2. The molecule has 0 aliphatic rings. The van der Waals surface area contributed by atoms with Crippen LogP contribution in [0.5, 0.6) is 0 Å². The van der Waals surface area contributed by atoms with Gasteiger partial charge in [-0.15, -0.1) is 6.58 Å². The summed E-state index contributed by atoms with van der Waals surface area (Å²) in [6, 6.07) is 0. The van der Waals surface area contributed by atoms with Crippen molar-refractivity contribution in [3.05, 3.63) is 12.7 Å². The molecule has 10 heteroatoms. The highest BCUT2D eigenvalue weighted by atomic mass is 31.2. The van der Waals surface area contributed by atoms with Gasteiger partial charge in [0.15, 0.2) is 6.10 Å². The monoisotopic (exact) mass is 805 g/mol.